The monoisotopic (exact) mass is 471 g/mol. The van der Waals surface area contributed by atoms with Crippen LogP contribution in [0.15, 0.2) is 29.3 Å². The van der Waals surface area contributed by atoms with Crippen LogP contribution in [0.3, 0.4) is 0 Å². The summed E-state index contributed by atoms with van der Waals surface area (Å²) < 4.78 is 77.7. The highest BCUT2D eigenvalue weighted by atomic mass is 32.2. The van der Waals surface area contributed by atoms with Gasteiger partial charge in [-0.2, -0.15) is 18.4 Å². The number of nitrogens with zero attached hydrogens (tertiary/aromatic N) is 5. The van der Waals surface area contributed by atoms with E-state index in [1.54, 1.807) is 4.90 Å². The quantitative estimate of drug-likeness (QED) is 0.633. The molecule has 7 nitrogen and oxygen atoms in total. The molecule has 172 valence electrons. The molecule has 0 bridgehead atoms. The van der Waals surface area contributed by atoms with E-state index >= 15 is 0 Å². The van der Waals surface area contributed by atoms with Gasteiger partial charge in [-0.05, 0) is 24.1 Å². The van der Waals surface area contributed by atoms with Crippen molar-refractivity contribution < 1.29 is 26.0 Å². The third-order valence-electron chi connectivity index (χ3n) is 5.29. The molecule has 0 aliphatic carbocycles. The largest absolute Gasteiger partial charge is 0.434 e. The number of nitriles is 1. The van der Waals surface area contributed by atoms with Gasteiger partial charge in [-0.25, -0.2) is 22.8 Å². The zero-order valence-corrected chi connectivity index (χ0v) is 18.4. The summed E-state index contributed by atoms with van der Waals surface area (Å²) >= 11 is 0. The topological polar surface area (TPSA) is 90.2 Å². The molecule has 0 amide bonds. The van der Waals surface area contributed by atoms with Crippen molar-refractivity contribution in [1.29, 1.82) is 5.26 Å². The molecule has 2 heterocycles. The number of hydrogen-bond acceptors (Lipinski definition) is 7. The molecule has 1 aromatic heterocycles. The van der Waals surface area contributed by atoms with Crippen molar-refractivity contribution in [3.8, 4) is 6.07 Å². The summed E-state index contributed by atoms with van der Waals surface area (Å²) in [7, 11) is -3.77. The zero-order chi connectivity index (χ0) is 23.8. The molecular formula is C20H21F4N5O2S. The molecule has 12 heteroatoms. The Balaban J connectivity index is 1.95. The molecule has 1 atom stereocenters. The molecule has 1 fully saturated rings. The Morgan fingerprint density at radius 3 is 2.50 bits per heavy atom. The molecule has 32 heavy (non-hydrogen) atoms. The highest BCUT2D eigenvalue weighted by molar-refractivity contribution is 7.90. The van der Waals surface area contributed by atoms with Gasteiger partial charge in [0.25, 0.3) is 0 Å². The summed E-state index contributed by atoms with van der Waals surface area (Å²) in [4.78, 5) is 10.7. The average molecular weight is 471 g/mol. The van der Waals surface area contributed by atoms with Crippen LogP contribution in [0, 0.1) is 23.1 Å². The molecule has 0 radical (unpaired) electrons. The van der Waals surface area contributed by atoms with Gasteiger partial charge < -0.3 is 9.80 Å². The number of halogens is 4. The van der Waals surface area contributed by atoms with Gasteiger partial charge in [0.15, 0.2) is 15.5 Å². The molecule has 1 saturated heterocycles. The predicted molar refractivity (Wildman–Crippen MR) is 109 cm³/mol. The minimum Gasteiger partial charge on any atom is -0.368 e. The Morgan fingerprint density at radius 2 is 1.94 bits per heavy atom. The first-order chi connectivity index (χ1) is 14.8. The van der Waals surface area contributed by atoms with Crippen LogP contribution >= 0.6 is 0 Å². The summed E-state index contributed by atoms with van der Waals surface area (Å²) in [6.07, 6.45) is -3.01. The minimum absolute atomic E-state index is 0.0267. The number of anilines is 2. The number of aromatic nitrogens is 2. The summed E-state index contributed by atoms with van der Waals surface area (Å²) in [5, 5.41) is 8.96. The lowest BCUT2D eigenvalue weighted by atomic mass is 9.99. The molecular weight excluding hydrogens is 450 g/mol. The van der Waals surface area contributed by atoms with E-state index in [4.69, 9.17) is 5.26 Å². The van der Waals surface area contributed by atoms with Gasteiger partial charge in [0.1, 0.15) is 22.3 Å². The fourth-order valence-electron chi connectivity index (χ4n) is 3.65. The first-order valence-electron chi connectivity index (χ1n) is 9.68. The van der Waals surface area contributed by atoms with Gasteiger partial charge in [0.2, 0.25) is 5.95 Å². The maximum absolute atomic E-state index is 14.0. The summed E-state index contributed by atoms with van der Waals surface area (Å²) in [6.45, 7) is 4.68. The van der Waals surface area contributed by atoms with E-state index in [1.807, 2.05) is 18.7 Å². The molecule has 1 aliphatic heterocycles. The van der Waals surface area contributed by atoms with E-state index in [2.05, 4.69) is 9.97 Å². The van der Waals surface area contributed by atoms with Crippen molar-refractivity contribution in [2.24, 2.45) is 5.92 Å². The molecule has 0 spiro atoms. The van der Waals surface area contributed by atoms with E-state index in [1.165, 1.54) is 18.2 Å². The Labute approximate surface area is 183 Å². The summed E-state index contributed by atoms with van der Waals surface area (Å²) in [6, 6.07) is 4.97. The van der Waals surface area contributed by atoms with E-state index in [0.29, 0.717) is 18.8 Å². The van der Waals surface area contributed by atoms with Crippen LogP contribution in [0.1, 0.15) is 25.1 Å². The van der Waals surface area contributed by atoms with Crippen LogP contribution in [0.25, 0.3) is 0 Å². The first kappa shape index (κ1) is 23.7. The number of sulfone groups is 1. The highest BCUT2D eigenvalue weighted by Crippen LogP contribution is 2.33. The summed E-state index contributed by atoms with van der Waals surface area (Å²) in [5.74, 6) is -1.01. The number of hydrogen-bond donors (Lipinski definition) is 0. The van der Waals surface area contributed by atoms with Crippen LogP contribution < -0.4 is 9.80 Å². The van der Waals surface area contributed by atoms with Crippen molar-refractivity contribution in [2.45, 2.75) is 31.0 Å². The molecule has 1 aliphatic rings. The van der Waals surface area contributed by atoms with Crippen molar-refractivity contribution in [3.63, 3.8) is 0 Å². The van der Waals surface area contributed by atoms with Gasteiger partial charge in [-0.1, -0.05) is 13.8 Å². The molecule has 2 aromatic rings. The maximum Gasteiger partial charge on any atom is 0.434 e. The van der Waals surface area contributed by atoms with Crippen LogP contribution in [0.2, 0.25) is 0 Å². The molecule has 0 saturated carbocycles. The first-order valence-corrected chi connectivity index (χ1v) is 11.6. The number of piperazine rings is 1. The number of rotatable bonds is 4. The van der Waals surface area contributed by atoms with Gasteiger partial charge in [0, 0.05) is 31.6 Å². The number of benzene rings is 1. The van der Waals surface area contributed by atoms with Crippen LogP contribution in [-0.2, 0) is 16.0 Å². The Morgan fingerprint density at radius 1 is 1.25 bits per heavy atom. The average Bonchev–Trinajstić information content (AvgIpc) is 2.71. The Bertz CT molecular complexity index is 1160. The third kappa shape index (κ3) is 4.77. The number of alkyl halides is 3. The van der Waals surface area contributed by atoms with E-state index < -0.39 is 38.0 Å². The standard InChI is InChI=1S/C20H21F4N5O2S/c1-12(2)16-11-28(14-4-5-15(21)17(8-14)32(3,30)31)6-7-29(16)19-26-10-13(9-25)18(27-19)20(22,23)24/h4-5,8,10,12,16H,6-7,11H2,1-3H3/t16-/m0/s1. The predicted octanol–water partition coefficient (Wildman–Crippen LogP) is 3.26. The lowest BCUT2D eigenvalue weighted by Gasteiger charge is -2.44. The second kappa shape index (κ2) is 8.54. The fourth-order valence-corrected chi connectivity index (χ4v) is 4.40. The molecule has 0 unspecified atom stereocenters. The minimum atomic E-state index is -4.80. The Hall–Kier alpha value is -2.94. The molecule has 3 rings (SSSR count). The molecule has 1 aromatic carbocycles. The lowest BCUT2D eigenvalue weighted by Crippen LogP contribution is -2.56. The second-order valence-corrected chi connectivity index (χ2v) is 9.86. The lowest BCUT2D eigenvalue weighted by molar-refractivity contribution is -0.141. The molecule has 0 N–H and O–H groups in total. The van der Waals surface area contributed by atoms with Crippen molar-refractivity contribution in [2.75, 3.05) is 35.7 Å². The smallest absolute Gasteiger partial charge is 0.368 e. The van der Waals surface area contributed by atoms with Gasteiger partial charge in [-0.15, -0.1) is 0 Å². The second-order valence-electron chi connectivity index (χ2n) is 7.88. The van der Waals surface area contributed by atoms with Crippen molar-refractivity contribution in [3.05, 3.63) is 41.5 Å². The third-order valence-corrected chi connectivity index (χ3v) is 6.40. The highest BCUT2D eigenvalue weighted by Gasteiger charge is 2.38. The van der Waals surface area contributed by atoms with Crippen LogP contribution in [0.4, 0.5) is 29.2 Å². The fraction of sp³-hybridized carbons (Fsp3) is 0.450. The van der Waals surface area contributed by atoms with Crippen molar-refractivity contribution >= 4 is 21.5 Å². The van der Waals surface area contributed by atoms with Gasteiger partial charge in [-0.3, -0.25) is 0 Å². The van der Waals surface area contributed by atoms with E-state index in [0.717, 1.165) is 18.5 Å². The van der Waals surface area contributed by atoms with Gasteiger partial charge in [0.05, 0.1) is 12.2 Å². The maximum atomic E-state index is 14.0. The van der Waals surface area contributed by atoms with E-state index in [-0.39, 0.29) is 24.5 Å². The van der Waals surface area contributed by atoms with Crippen LogP contribution in [-0.4, -0.2) is 50.3 Å². The van der Waals surface area contributed by atoms with Crippen molar-refractivity contribution in [1.82, 2.24) is 9.97 Å². The van der Waals surface area contributed by atoms with E-state index in [9.17, 15) is 26.0 Å². The van der Waals surface area contributed by atoms with Gasteiger partial charge >= 0.3 is 6.18 Å². The zero-order valence-electron chi connectivity index (χ0n) is 17.6. The summed E-state index contributed by atoms with van der Waals surface area (Å²) in [5.41, 5.74) is -1.44. The SMILES string of the molecule is CC(C)[C@@H]1CN(c2ccc(F)c(S(C)(=O)=O)c2)CCN1c1ncc(C#N)c(C(F)(F)F)n1. The normalized spacial score (nSPS) is 17.5. The Kier molecular flexibility index (Phi) is 6.33. The van der Waals surface area contributed by atoms with Crippen LogP contribution in [0.5, 0.6) is 0 Å².